The van der Waals surface area contributed by atoms with E-state index in [9.17, 15) is 9.18 Å². The van der Waals surface area contributed by atoms with Crippen LogP contribution < -0.4 is 14.4 Å². The lowest BCUT2D eigenvalue weighted by molar-refractivity contribution is -0.119. The van der Waals surface area contributed by atoms with Crippen LogP contribution in [0.1, 0.15) is 10.9 Å². The lowest BCUT2D eigenvalue weighted by atomic mass is 10.1. The van der Waals surface area contributed by atoms with Gasteiger partial charge in [0, 0.05) is 5.75 Å². The van der Waals surface area contributed by atoms with Crippen molar-refractivity contribution >= 4 is 40.7 Å². The molecule has 0 aromatic heterocycles. The van der Waals surface area contributed by atoms with Gasteiger partial charge in [-0.3, -0.25) is 9.69 Å². The number of thioether (sulfide) groups is 1. The van der Waals surface area contributed by atoms with Crippen LogP contribution in [0.3, 0.4) is 0 Å². The summed E-state index contributed by atoms with van der Waals surface area (Å²) in [5.41, 5.74) is 1.56. The second kappa shape index (κ2) is 7.01. The highest BCUT2D eigenvalue weighted by Gasteiger charge is 2.50. The zero-order valence-corrected chi connectivity index (χ0v) is 16.3. The molecule has 0 spiro atoms. The van der Waals surface area contributed by atoms with Gasteiger partial charge >= 0.3 is 0 Å². The molecule has 2 heterocycles. The molecule has 0 aliphatic carbocycles. The van der Waals surface area contributed by atoms with Crippen molar-refractivity contribution in [3.8, 4) is 11.5 Å². The van der Waals surface area contributed by atoms with Crippen LogP contribution in [-0.4, -0.2) is 41.9 Å². The minimum Gasteiger partial charge on any atom is -0.493 e. The van der Waals surface area contributed by atoms with Crippen molar-refractivity contribution in [3.05, 3.63) is 53.8 Å². The number of thiocarbonyl (C=S) groups is 1. The monoisotopic (exact) mass is 404 g/mol. The smallest absolute Gasteiger partial charge is 0.257 e. The summed E-state index contributed by atoms with van der Waals surface area (Å²) in [4.78, 5) is 16.4. The van der Waals surface area contributed by atoms with E-state index in [-0.39, 0.29) is 23.1 Å². The standard InChI is InChI=1S/C19H17FN2O3S2/c1-24-15-8-3-11(9-16(15)25-2)18-22-14(10-27-18)17(23)21(19(22)26)13-6-4-12(20)5-7-13/h3-9,14,18H,10H2,1-2H3/t14-,18-/m1/s1. The molecular weight excluding hydrogens is 387 g/mol. The van der Waals surface area contributed by atoms with Gasteiger partial charge in [0.15, 0.2) is 16.6 Å². The summed E-state index contributed by atoms with van der Waals surface area (Å²) in [7, 11) is 3.18. The zero-order valence-electron chi connectivity index (χ0n) is 14.7. The molecule has 1 amide bonds. The molecule has 8 heteroatoms. The normalized spacial score (nSPS) is 21.6. The van der Waals surface area contributed by atoms with Gasteiger partial charge in [0.1, 0.15) is 17.2 Å². The van der Waals surface area contributed by atoms with E-state index in [4.69, 9.17) is 21.7 Å². The van der Waals surface area contributed by atoms with Crippen molar-refractivity contribution in [1.29, 1.82) is 0 Å². The Kier molecular flexibility index (Phi) is 4.69. The number of methoxy groups -OCH3 is 2. The molecule has 0 radical (unpaired) electrons. The molecule has 0 unspecified atom stereocenters. The average Bonchev–Trinajstić information content (AvgIpc) is 3.23. The highest BCUT2D eigenvalue weighted by molar-refractivity contribution is 7.99. The van der Waals surface area contributed by atoms with Crippen molar-refractivity contribution in [2.24, 2.45) is 0 Å². The van der Waals surface area contributed by atoms with Crippen LogP contribution in [0.5, 0.6) is 11.5 Å². The first-order valence-corrected chi connectivity index (χ1v) is 9.76. The Morgan fingerprint density at radius 2 is 1.81 bits per heavy atom. The fourth-order valence-electron chi connectivity index (χ4n) is 3.38. The number of anilines is 1. The third-order valence-electron chi connectivity index (χ3n) is 4.70. The molecule has 4 rings (SSSR count). The maximum atomic E-state index is 13.2. The minimum absolute atomic E-state index is 0.0814. The number of rotatable bonds is 4. The Hall–Kier alpha value is -2.32. The summed E-state index contributed by atoms with van der Waals surface area (Å²) in [6, 6.07) is 11.2. The van der Waals surface area contributed by atoms with Gasteiger partial charge in [0.25, 0.3) is 5.91 Å². The number of fused-ring (bicyclic) bond motifs is 1. The Bertz CT molecular complexity index is 906. The van der Waals surface area contributed by atoms with E-state index in [1.807, 2.05) is 23.1 Å². The number of amides is 1. The molecule has 0 N–H and O–H groups in total. The molecule has 27 heavy (non-hydrogen) atoms. The fraction of sp³-hybridized carbons (Fsp3) is 0.263. The van der Waals surface area contributed by atoms with Crippen LogP contribution in [0.25, 0.3) is 0 Å². The van der Waals surface area contributed by atoms with Gasteiger partial charge in [0.05, 0.1) is 19.9 Å². The number of benzene rings is 2. The summed E-state index contributed by atoms with van der Waals surface area (Å²) in [6.07, 6.45) is 0. The maximum absolute atomic E-state index is 13.2. The van der Waals surface area contributed by atoms with Crippen molar-refractivity contribution in [3.63, 3.8) is 0 Å². The van der Waals surface area contributed by atoms with Gasteiger partial charge < -0.3 is 14.4 Å². The van der Waals surface area contributed by atoms with E-state index < -0.39 is 0 Å². The van der Waals surface area contributed by atoms with Crippen molar-refractivity contribution in [2.75, 3.05) is 24.9 Å². The van der Waals surface area contributed by atoms with Crippen molar-refractivity contribution in [1.82, 2.24) is 4.90 Å². The van der Waals surface area contributed by atoms with E-state index in [0.717, 1.165) is 5.56 Å². The van der Waals surface area contributed by atoms with Crippen LogP contribution in [-0.2, 0) is 4.79 Å². The number of nitrogens with zero attached hydrogens (tertiary/aromatic N) is 2. The highest BCUT2D eigenvalue weighted by Crippen LogP contribution is 2.47. The van der Waals surface area contributed by atoms with E-state index in [1.165, 1.54) is 17.0 Å². The summed E-state index contributed by atoms with van der Waals surface area (Å²) >= 11 is 7.29. The number of carbonyl (C=O) groups is 1. The Balaban J connectivity index is 1.67. The Morgan fingerprint density at radius 1 is 1.11 bits per heavy atom. The molecule has 5 nitrogen and oxygen atoms in total. The average molecular weight is 404 g/mol. The molecule has 2 aliphatic heterocycles. The Labute approximate surface area is 166 Å². The van der Waals surface area contributed by atoms with E-state index in [2.05, 4.69) is 0 Å². The molecule has 2 aromatic rings. The van der Waals surface area contributed by atoms with E-state index in [1.54, 1.807) is 38.1 Å². The van der Waals surface area contributed by atoms with E-state index >= 15 is 0 Å². The van der Waals surface area contributed by atoms with Crippen molar-refractivity contribution < 1.29 is 18.7 Å². The number of halogens is 1. The largest absolute Gasteiger partial charge is 0.493 e. The lowest BCUT2D eigenvalue weighted by Crippen LogP contribution is -2.33. The van der Waals surface area contributed by atoms with Crippen LogP contribution in [0.15, 0.2) is 42.5 Å². The van der Waals surface area contributed by atoms with Gasteiger partial charge in [-0.25, -0.2) is 4.39 Å². The summed E-state index contributed by atoms with van der Waals surface area (Å²) in [5, 5.41) is 0.332. The molecule has 2 atom stereocenters. The summed E-state index contributed by atoms with van der Waals surface area (Å²) < 4.78 is 23.9. The molecule has 2 fully saturated rings. The van der Waals surface area contributed by atoms with Gasteiger partial charge in [-0.2, -0.15) is 0 Å². The predicted octanol–water partition coefficient (Wildman–Crippen LogP) is 3.59. The minimum atomic E-state index is -0.351. The molecule has 2 aliphatic rings. The van der Waals surface area contributed by atoms with Crippen LogP contribution in [0.2, 0.25) is 0 Å². The van der Waals surface area contributed by atoms with Crippen molar-refractivity contribution in [2.45, 2.75) is 11.4 Å². The summed E-state index contributed by atoms with van der Waals surface area (Å²) in [6.45, 7) is 0. The molecule has 2 saturated heterocycles. The Morgan fingerprint density at radius 3 is 2.48 bits per heavy atom. The van der Waals surface area contributed by atoms with E-state index in [0.29, 0.717) is 28.1 Å². The number of hydrogen-bond acceptors (Lipinski definition) is 5. The summed E-state index contributed by atoms with van der Waals surface area (Å²) in [5.74, 6) is 1.48. The molecular formula is C19H17FN2O3S2. The number of ether oxygens (including phenoxy) is 2. The third-order valence-corrected chi connectivity index (χ3v) is 6.41. The van der Waals surface area contributed by atoms with Gasteiger partial charge in [-0.15, -0.1) is 11.8 Å². The topological polar surface area (TPSA) is 42.0 Å². The predicted molar refractivity (Wildman–Crippen MR) is 107 cm³/mol. The maximum Gasteiger partial charge on any atom is 0.257 e. The molecule has 2 aromatic carbocycles. The number of hydrogen-bond donors (Lipinski definition) is 0. The van der Waals surface area contributed by atoms with Gasteiger partial charge in [-0.1, -0.05) is 6.07 Å². The first-order chi connectivity index (χ1) is 13.0. The third kappa shape index (κ3) is 2.93. The van der Waals surface area contributed by atoms with Gasteiger partial charge in [0.2, 0.25) is 0 Å². The lowest BCUT2D eigenvalue weighted by Gasteiger charge is -2.26. The SMILES string of the molecule is COc1ccc([C@H]2SC[C@@H]3C(=O)N(c4ccc(F)cc4)C(=S)N32)cc1OC. The van der Waals surface area contributed by atoms with Crippen LogP contribution in [0, 0.1) is 5.82 Å². The molecule has 0 bridgehead atoms. The molecule has 140 valence electrons. The fourth-order valence-corrected chi connectivity index (χ4v) is 5.29. The zero-order chi connectivity index (χ0) is 19.1. The second-order valence-electron chi connectivity index (χ2n) is 6.16. The highest BCUT2D eigenvalue weighted by atomic mass is 32.2. The quantitative estimate of drug-likeness (QED) is 0.726. The first kappa shape index (κ1) is 18.1. The second-order valence-corrected chi connectivity index (χ2v) is 7.63. The molecule has 0 saturated carbocycles. The van der Waals surface area contributed by atoms with Gasteiger partial charge in [-0.05, 0) is 54.2 Å². The number of carbonyl (C=O) groups excluding carboxylic acids is 1. The first-order valence-electron chi connectivity index (χ1n) is 8.30. The van der Waals surface area contributed by atoms with Crippen LogP contribution >= 0.6 is 24.0 Å². The van der Waals surface area contributed by atoms with Crippen LogP contribution in [0.4, 0.5) is 10.1 Å².